The maximum Gasteiger partial charge on any atom is 0.180 e. The molecule has 20 heavy (non-hydrogen) atoms. The van der Waals surface area contributed by atoms with Crippen LogP contribution in [0.15, 0.2) is 12.1 Å². The Kier molecular flexibility index (Phi) is 6.59. The fourth-order valence-electron chi connectivity index (χ4n) is 1.60. The molecule has 0 aliphatic carbocycles. The van der Waals surface area contributed by atoms with Crippen LogP contribution in [0.2, 0.25) is 5.02 Å². The Morgan fingerprint density at radius 2 is 1.90 bits per heavy atom. The van der Waals surface area contributed by atoms with E-state index >= 15 is 0 Å². The highest BCUT2D eigenvalue weighted by Crippen LogP contribution is 2.37. The number of rotatable bonds is 7. The van der Waals surface area contributed by atoms with E-state index in [2.05, 4.69) is 19.2 Å². The molecule has 1 rings (SSSR count). The zero-order valence-electron chi connectivity index (χ0n) is 12.7. The summed E-state index contributed by atoms with van der Waals surface area (Å²) in [6.45, 7) is 8.34. The maximum atomic E-state index is 9.52. The molecule has 0 saturated carbocycles. The Balaban J connectivity index is 2.95. The van der Waals surface area contributed by atoms with Gasteiger partial charge in [0.05, 0.1) is 18.2 Å². The highest BCUT2D eigenvalue weighted by atomic mass is 35.5. The molecule has 114 valence electrons. The van der Waals surface area contributed by atoms with E-state index in [9.17, 15) is 5.11 Å². The SMILES string of the molecule is COc1cc(CNC(C)C)cc(Cl)c1OC(C)C(C)O. The molecule has 0 fully saturated rings. The lowest BCUT2D eigenvalue weighted by Gasteiger charge is -2.21. The number of benzene rings is 1. The highest BCUT2D eigenvalue weighted by Gasteiger charge is 2.17. The van der Waals surface area contributed by atoms with E-state index in [4.69, 9.17) is 21.1 Å². The average molecular weight is 302 g/mol. The van der Waals surface area contributed by atoms with Gasteiger partial charge in [-0.15, -0.1) is 0 Å². The average Bonchev–Trinajstić information content (AvgIpc) is 2.38. The van der Waals surface area contributed by atoms with Crippen LogP contribution in [0, 0.1) is 0 Å². The standard InChI is InChI=1S/C15H24ClNO3/c1-9(2)17-8-12-6-13(16)15(14(7-12)19-5)20-11(4)10(3)18/h6-7,9-11,17-18H,8H2,1-5H3. The zero-order valence-corrected chi connectivity index (χ0v) is 13.5. The number of aliphatic hydroxyl groups excluding tert-OH is 1. The van der Waals surface area contributed by atoms with E-state index in [1.54, 1.807) is 21.0 Å². The molecular formula is C15H24ClNO3. The van der Waals surface area contributed by atoms with Crippen molar-refractivity contribution in [2.75, 3.05) is 7.11 Å². The summed E-state index contributed by atoms with van der Waals surface area (Å²) in [7, 11) is 1.57. The minimum absolute atomic E-state index is 0.360. The third-order valence-electron chi connectivity index (χ3n) is 2.99. The molecule has 1 aromatic rings. The minimum atomic E-state index is -0.585. The quantitative estimate of drug-likeness (QED) is 0.813. The van der Waals surface area contributed by atoms with E-state index in [0.717, 1.165) is 5.56 Å². The van der Waals surface area contributed by atoms with Crippen molar-refractivity contribution in [2.24, 2.45) is 0 Å². The molecule has 0 amide bonds. The summed E-state index contributed by atoms with van der Waals surface area (Å²) in [5.41, 5.74) is 1.03. The summed E-state index contributed by atoms with van der Waals surface area (Å²) in [6.07, 6.45) is -0.945. The second-order valence-electron chi connectivity index (χ2n) is 5.21. The molecule has 0 saturated heterocycles. The monoisotopic (exact) mass is 301 g/mol. The molecule has 0 radical (unpaired) electrons. The molecule has 5 heteroatoms. The van der Waals surface area contributed by atoms with Crippen LogP contribution in [0.4, 0.5) is 0 Å². The van der Waals surface area contributed by atoms with Crippen molar-refractivity contribution in [2.45, 2.75) is 52.5 Å². The summed E-state index contributed by atoms with van der Waals surface area (Å²) < 4.78 is 11.0. The minimum Gasteiger partial charge on any atom is -0.493 e. The van der Waals surface area contributed by atoms with Gasteiger partial charge in [0.1, 0.15) is 6.10 Å². The Hall–Kier alpha value is -0.970. The first-order valence-corrected chi connectivity index (χ1v) is 7.17. The summed E-state index contributed by atoms with van der Waals surface area (Å²) in [4.78, 5) is 0. The van der Waals surface area contributed by atoms with Crippen LogP contribution in [-0.2, 0) is 6.54 Å². The third kappa shape index (κ3) is 4.85. The Morgan fingerprint density at radius 1 is 1.25 bits per heavy atom. The van der Waals surface area contributed by atoms with Gasteiger partial charge in [0, 0.05) is 12.6 Å². The van der Waals surface area contributed by atoms with E-state index < -0.39 is 6.10 Å². The van der Waals surface area contributed by atoms with Crippen LogP contribution in [0.1, 0.15) is 33.3 Å². The maximum absolute atomic E-state index is 9.52. The fraction of sp³-hybridized carbons (Fsp3) is 0.600. The highest BCUT2D eigenvalue weighted by molar-refractivity contribution is 6.32. The van der Waals surface area contributed by atoms with Crippen molar-refractivity contribution in [3.63, 3.8) is 0 Å². The normalized spacial score (nSPS) is 14.2. The van der Waals surface area contributed by atoms with Crippen LogP contribution < -0.4 is 14.8 Å². The topological polar surface area (TPSA) is 50.7 Å². The van der Waals surface area contributed by atoms with Gasteiger partial charge in [-0.1, -0.05) is 25.4 Å². The van der Waals surface area contributed by atoms with Crippen LogP contribution in [0.3, 0.4) is 0 Å². The molecule has 2 atom stereocenters. The summed E-state index contributed by atoms with van der Waals surface area (Å²) in [5.74, 6) is 1.04. The number of methoxy groups -OCH3 is 1. The van der Waals surface area contributed by atoms with Crippen molar-refractivity contribution in [3.05, 3.63) is 22.7 Å². The molecule has 0 aromatic heterocycles. The molecule has 0 aliphatic heterocycles. The predicted octanol–water partition coefficient (Wildman–Crippen LogP) is 2.99. The van der Waals surface area contributed by atoms with Crippen molar-refractivity contribution >= 4 is 11.6 Å². The van der Waals surface area contributed by atoms with Crippen molar-refractivity contribution in [1.82, 2.24) is 5.32 Å². The Labute approximate surface area is 126 Å². The van der Waals surface area contributed by atoms with Gasteiger partial charge in [-0.05, 0) is 31.5 Å². The van der Waals surface area contributed by atoms with Crippen LogP contribution >= 0.6 is 11.6 Å². The zero-order chi connectivity index (χ0) is 15.3. The smallest absolute Gasteiger partial charge is 0.180 e. The van der Waals surface area contributed by atoms with Crippen molar-refractivity contribution in [1.29, 1.82) is 0 Å². The summed E-state index contributed by atoms with van der Waals surface area (Å²) in [6, 6.07) is 4.14. The second-order valence-corrected chi connectivity index (χ2v) is 5.62. The van der Waals surface area contributed by atoms with Gasteiger partial charge in [-0.2, -0.15) is 0 Å². The number of aliphatic hydroxyl groups is 1. The predicted molar refractivity (Wildman–Crippen MR) is 81.8 cm³/mol. The van der Waals surface area contributed by atoms with Gasteiger partial charge in [0.25, 0.3) is 0 Å². The number of hydrogen-bond acceptors (Lipinski definition) is 4. The van der Waals surface area contributed by atoms with E-state index in [-0.39, 0.29) is 6.10 Å². The number of hydrogen-bond donors (Lipinski definition) is 2. The van der Waals surface area contributed by atoms with E-state index in [1.807, 2.05) is 12.1 Å². The van der Waals surface area contributed by atoms with E-state index in [1.165, 1.54) is 0 Å². The third-order valence-corrected chi connectivity index (χ3v) is 3.27. The van der Waals surface area contributed by atoms with Crippen LogP contribution in [-0.4, -0.2) is 30.5 Å². The Bertz CT molecular complexity index is 435. The van der Waals surface area contributed by atoms with Crippen molar-refractivity contribution in [3.8, 4) is 11.5 Å². The molecule has 1 aromatic carbocycles. The molecule has 0 heterocycles. The first kappa shape index (κ1) is 17.1. The van der Waals surface area contributed by atoms with Crippen LogP contribution in [0.5, 0.6) is 11.5 Å². The van der Waals surface area contributed by atoms with Gasteiger partial charge in [-0.3, -0.25) is 0 Å². The summed E-state index contributed by atoms with van der Waals surface area (Å²) >= 11 is 6.26. The van der Waals surface area contributed by atoms with Gasteiger partial charge < -0.3 is 19.9 Å². The van der Waals surface area contributed by atoms with Gasteiger partial charge in [-0.25, -0.2) is 0 Å². The molecule has 0 aliphatic rings. The number of halogens is 1. The molecule has 2 unspecified atom stereocenters. The lowest BCUT2D eigenvalue weighted by Crippen LogP contribution is -2.26. The molecular weight excluding hydrogens is 278 g/mol. The molecule has 4 nitrogen and oxygen atoms in total. The first-order chi connectivity index (χ1) is 9.35. The number of ether oxygens (including phenoxy) is 2. The first-order valence-electron chi connectivity index (χ1n) is 6.79. The van der Waals surface area contributed by atoms with Gasteiger partial charge in [0.15, 0.2) is 11.5 Å². The molecule has 0 bridgehead atoms. The molecule has 0 spiro atoms. The van der Waals surface area contributed by atoms with Gasteiger partial charge in [0.2, 0.25) is 0 Å². The summed E-state index contributed by atoms with van der Waals surface area (Å²) in [5, 5.41) is 13.3. The lowest BCUT2D eigenvalue weighted by molar-refractivity contribution is 0.0587. The Morgan fingerprint density at radius 3 is 2.40 bits per heavy atom. The fourth-order valence-corrected chi connectivity index (χ4v) is 1.87. The van der Waals surface area contributed by atoms with Gasteiger partial charge >= 0.3 is 0 Å². The van der Waals surface area contributed by atoms with Crippen LogP contribution in [0.25, 0.3) is 0 Å². The van der Waals surface area contributed by atoms with Crippen molar-refractivity contribution < 1.29 is 14.6 Å². The number of nitrogens with one attached hydrogen (secondary N) is 1. The molecule has 2 N–H and O–H groups in total. The largest absolute Gasteiger partial charge is 0.493 e. The second kappa shape index (κ2) is 7.72. The van der Waals surface area contributed by atoms with E-state index in [0.29, 0.717) is 29.1 Å². The lowest BCUT2D eigenvalue weighted by atomic mass is 10.2.